The van der Waals surface area contributed by atoms with Crippen molar-refractivity contribution in [3.63, 3.8) is 0 Å². The third-order valence-corrected chi connectivity index (χ3v) is 2.19. The summed E-state index contributed by atoms with van der Waals surface area (Å²) in [6.45, 7) is 0.839. The predicted molar refractivity (Wildman–Crippen MR) is 64.4 cm³/mol. The molecule has 0 fully saturated rings. The second-order valence-corrected chi connectivity index (χ2v) is 3.60. The Morgan fingerprint density at radius 1 is 1.44 bits per heavy atom. The first-order valence-electron chi connectivity index (χ1n) is 5.48. The summed E-state index contributed by atoms with van der Waals surface area (Å²) in [5.41, 5.74) is 0.155. The summed E-state index contributed by atoms with van der Waals surface area (Å²) < 4.78 is 9.31. The Morgan fingerprint density at radius 3 is 2.78 bits per heavy atom. The van der Waals surface area contributed by atoms with Crippen molar-refractivity contribution < 1.29 is 19.4 Å². The summed E-state index contributed by atoms with van der Waals surface area (Å²) in [6, 6.07) is 0. The Bertz CT molecular complexity index is 369. The van der Waals surface area contributed by atoms with Gasteiger partial charge in [-0.05, 0) is 6.42 Å². The molecule has 2 N–H and O–H groups in total. The highest BCUT2D eigenvalue weighted by Gasteiger charge is 2.07. The standard InChI is InChI=1S/C11H17N3O4/c1-17-7-8(15)3-4-12-10-6-13-9(5-14-10)11(16)18-2/h5-6,8,15H,3-4,7H2,1-2H3,(H,12,14). The number of rotatable bonds is 7. The van der Waals surface area contributed by atoms with E-state index < -0.39 is 12.1 Å². The molecule has 1 heterocycles. The van der Waals surface area contributed by atoms with E-state index in [2.05, 4.69) is 20.0 Å². The molecule has 100 valence electrons. The van der Waals surface area contributed by atoms with Gasteiger partial charge in [-0.2, -0.15) is 0 Å². The summed E-state index contributed by atoms with van der Waals surface area (Å²) in [5.74, 6) is 0.0110. The maximum Gasteiger partial charge on any atom is 0.358 e. The van der Waals surface area contributed by atoms with Crippen LogP contribution in [0.2, 0.25) is 0 Å². The quantitative estimate of drug-likeness (QED) is 0.666. The Morgan fingerprint density at radius 2 is 2.22 bits per heavy atom. The van der Waals surface area contributed by atoms with E-state index in [-0.39, 0.29) is 5.69 Å². The van der Waals surface area contributed by atoms with Crippen LogP contribution in [0.5, 0.6) is 0 Å². The number of carbonyl (C=O) groups excluding carboxylic acids is 1. The number of methoxy groups -OCH3 is 2. The van der Waals surface area contributed by atoms with Crippen LogP contribution >= 0.6 is 0 Å². The normalized spacial score (nSPS) is 11.9. The van der Waals surface area contributed by atoms with E-state index >= 15 is 0 Å². The van der Waals surface area contributed by atoms with Crippen molar-refractivity contribution in [2.24, 2.45) is 0 Å². The lowest BCUT2D eigenvalue weighted by atomic mass is 10.2. The molecule has 1 aromatic rings. The molecule has 0 radical (unpaired) electrons. The number of esters is 1. The van der Waals surface area contributed by atoms with Gasteiger partial charge in [0.1, 0.15) is 5.82 Å². The van der Waals surface area contributed by atoms with E-state index in [0.29, 0.717) is 25.4 Å². The molecule has 1 aromatic heterocycles. The molecule has 1 unspecified atom stereocenters. The molecule has 0 saturated carbocycles. The molecular weight excluding hydrogens is 238 g/mol. The SMILES string of the molecule is COCC(O)CCNc1cnc(C(=O)OC)cn1. The Labute approximate surface area is 105 Å². The van der Waals surface area contributed by atoms with E-state index in [1.807, 2.05) is 0 Å². The van der Waals surface area contributed by atoms with Crippen LogP contribution in [0.15, 0.2) is 12.4 Å². The van der Waals surface area contributed by atoms with Gasteiger partial charge in [-0.3, -0.25) is 0 Å². The molecular formula is C11H17N3O4. The van der Waals surface area contributed by atoms with Crippen LogP contribution in [-0.2, 0) is 9.47 Å². The van der Waals surface area contributed by atoms with Gasteiger partial charge in [0, 0.05) is 13.7 Å². The molecule has 1 rings (SSSR count). The lowest BCUT2D eigenvalue weighted by Gasteiger charge is -2.10. The fraction of sp³-hybridized carbons (Fsp3) is 0.545. The summed E-state index contributed by atoms with van der Waals surface area (Å²) in [7, 11) is 2.82. The third-order valence-electron chi connectivity index (χ3n) is 2.19. The summed E-state index contributed by atoms with van der Waals surface area (Å²) >= 11 is 0. The second kappa shape index (κ2) is 7.57. The molecule has 1 atom stereocenters. The van der Waals surface area contributed by atoms with Gasteiger partial charge in [-0.25, -0.2) is 14.8 Å². The zero-order valence-corrected chi connectivity index (χ0v) is 10.4. The summed E-state index contributed by atoms with van der Waals surface area (Å²) in [6.07, 6.45) is 2.80. The van der Waals surface area contributed by atoms with Gasteiger partial charge in [0.2, 0.25) is 0 Å². The average molecular weight is 255 g/mol. The number of ether oxygens (including phenoxy) is 2. The van der Waals surface area contributed by atoms with Gasteiger partial charge in [-0.1, -0.05) is 0 Å². The highest BCUT2D eigenvalue weighted by atomic mass is 16.5. The van der Waals surface area contributed by atoms with Crippen molar-refractivity contribution in [2.75, 3.05) is 32.7 Å². The zero-order valence-electron chi connectivity index (χ0n) is 10.4. The van der Waals surface area contributed by atoms with Gasteiger partial charge >= 0.3 is 5.97 Å². The fourth-order valence-electron chi connectivity index (χ4n) is 1.27. The van der Waals surface area contributed by atoms with Crippen LogP contribution in [-0.4, -0.2) is 54.5 Å². The topological polar surface area (TPSA) is 93.6 Å². The number of aromatic nitrogens is 2. The van der Waals surface area contributed by atoms with Crippen molar-refractivity contribution in [3.05, 3.63) is 18.1 Å². The predicted octanol–water partition coefficient (Wildman–Crippen LogP) is 0.0725. The molecule has 0 spiro atoms. The van der Waals surface area contributed by atoms with Crippen LogP contribution in [0.4, 0.5) is 5.82 Å². The maximum absolute atomic E-state index is 11.1. The highest BCUT2D eigenvalue weighted by Crippen LogP contribution is 2.03. The van der Waals surface area contributed by atoms with E-state index in [0.717, 1.165) is 0 Å². The zero-order chi connectivity index (χ0) is 13.4. The third kappa shape index (κ3) is 4.64. The monoisotopic (exact) mass is 255 g/mol. The van der Waals surface area contributed by atoms with Gasteiger partial charge in [0.25, 0.3) is 0 Å². The minimum atomic E-state index is -0.524. The Kier molecular flexibility index (Phi) is 6.03. The molecule has 18 heavy (non-hydrogen) atoms. The lowest BCUT2D eigenvalue weighted by Crippen LogP contribution is -2.18. The summed E-state index contributed by atoms with van der Waals surface area (Å²) in [4.78, 5) is 19.0. The van der Waals surface area contributed by atoms with Gasteiger partial charge < -0.3 is 19.9 Å². The van der Waals surface area contributed by atoms with Crippen LogP contribution in [0, 0.1) is 0 Å². The first-order chi connectivity index (χ1) is 8.67. The fourth-order valence-corrected chi connectivity index (χ4v) is 1.27. The number of hydrogen-bond acceptors (Lipinski definition) is 7. The van der Waals surface area contributed by atoms with E-state index in [1.54, 1.807) is 0 Å². The van der Waals surface area contributed by atoms with Crippen LogP contribution < -0.4 is 5.32 Å². The number of anilines is 1. The number of hydrogen-bond donors (Lipinski definition) is 2. The van der Waals surface area contributed by atoms with E-state index in [1.165, 1.54) is 26.6 Å². The minimum absolute atomic E-state index is 0.155. The summed E-state index contributed by atoms with van der Waals surface area (Å²) in [5, 5.41) is 12.4. The van der Waals surface area contributed by atoms with Crippen molar-refractivity contribution in [3.8, 4) is 0 Å². The second-order valence-electron chi connectivity index (χ2n) is 3.60. The number of carbonyl (C=O) groups is 1. The Hall–Kier alpha value is -1.73. The van der Waals surface area contributed by atoms with Crippen LogP contribution in [0.3, 0.4) is 0 Å². The average Bonchev–Trinajstić information content (AvgIpc) is 2.39. The first-order valence-corrected chi connectivity index (χ1v) is 5.48. The molecule has 0 saturated heterocycles. The highest BCUT2D eigenvalue weighted by molar-refractivity contribution is 5.86. The van der Waals surface area contributed by atoms with Gasteiger partial charge in [-0.15, -0.1) is 0 Å². The molecule has 0 bridgehead atoms. The van der Waals surface area contributed by atoms with E-state index in [9.17, 15) is 9.90 Å². The Balaban J connectivity index is 2.37. The maximum atomic E-state index is 11.1. The molecule has 0 aliphatic heterocycles. The van der Waals surface area contributed by atoms with Crippen molar-refractivity contribution in [1.29, 1.82) is 0 Å². The van der Waals surface area contributed by atoms with Gasteiger partial charge in [0.15, 0.2) is 5.69 Å². The minimum Gasteiger partial charge on any atom is -0.464 e. The van der Waals surface area contributed by atoms with Crippen LogP contribution in [0.1, 0.15) is 16.9 Å². The molecule has 0 aliphatic carbocycles. The van der Waals surface area contributed by atoms with Crippen molar-refractivity contribution in [2.45, 2.75) is 12.5 Å². The van der Waals surface area contributed by atoms with Crippen LogP contribution in [0.25, 0.3) is 0 Å². The number of aliphatic hydroxyl groups is 1. The molecule has 7 heteroatoms. The molecule has 0 aromatic carbocycles. The number of nitrogens with one attached hydrogen (secondary N) is 1. The lowest BCUT2D eigenvalue weighted by molar-refractivity contribution is 0.0593. The van der Waals surface area contributed by atoms with Crippen molar-refractivity contribution >= 4 is 11.8 Å². The largest absolute Gasteiger partial charge is 0.464 e. The number of aliphatic hydroxyl groups excluding tert-OH is 1. The molecule has 7 nitrogen and oxygen atoms in total. The first kappa shape index (κ1) is 14.3. The molecule has 0 aliphatic rings. The van der Waals surface area contributed by atoms with E-state index in [4.69, 9.17) is 4.74 Å². The molecule has 0 amide bonds. The smallest absolute Gasteiger partial charge is 0.358 e. The number of nitrogens with zero attached hydrogens (tertiary/aromatic N) is 2. The van der Waals surface area contributed by atoms with Gasteiger partial charge in [0.05, 0.1) is 32.2 Å². The van der Waals surface area contributed by atoms with Crippen molar-refractivity contribution in [1.82, 2.24) is 9.97 Å².